The first kappa shape index (κ1) is 42.5. The fraction of sp³-hybridized carbons (Fsp3) is 0.651. The zero-order valence-corrected chi connectivity index (χ0v) is 35.7. The zero-order valence-electron chi connectivity index (χ0n) is 34.8. The minimum atomic E-state index is -3.91. The van der Waals surface area contributed by atoms with Crippen LogP contribution in [0.25, 0.3) is 10.9 Å². The van der Waals surface area contributed by atoms with E-state index in [2.05, 4.69) is 21.9 Å². The monoisotopic (exact) mass is 837 g/mol. The summed E-state index contributed by atoms with van der Waals surface area (Å²) in [5.74, 6) is -1.20. The van der Waals surface area contributed by atoms with Crippen molar-refractivity contribution in [3.63, 3.8) is 0 Å². The lowest BCUT2D eigenvalue weighted by Gasteiger charge is -2.35. The number of alkyl carbamates (subject to hydrolysis) is 1. The molecule has 2 aliphatic heterocycles. The molecular weight excluding hydrogens is 779 g/mol. The summed E-state index contributed by atoms with van der Waals surface area (Å²) in [5, 5.41) is 5.83. The molecule has 1 saturated heterocycles. The van der Waals surface area contributed by atoms with Gasteiger partial charge in [0.05, 0.1) is 37.1 Å². The van der Waals surface area contributed by atoms with E-state index in [1.165, 1.54) is 11.0 Å². The number of carbonyl (C=O) groups excluding carboxylic acids is 4. The van der Waals surface area contributed by atoms with Crippen molar-refractivity contribution in [2.24, 2.45) is 17.3 Å². The average Bonchev–Trinajstić information content (AvgIpc) is 4.12. The molecule has 3 N–H and O–H groups in total. The number of hydrogen-bond acceptors (Lipinski definition) is 11. The molecule has 2 aromatic rings. The lowest BCUT2D eigenvalue weighted by atomic mass is 9.83. The van der Waals surface area contributed by atoms with Crippen molar-refractivity contribution in [3.8, 4) is 17.4 Å². The second kappa shape index (κ2) is 16.8. The highest BCUT2D eigenvalue weighted by molar-refractivity contribution is 7.91. The standard InChI is InChI=1S/C43H59N5O10S/c1-7-28-22-43(28,40(51)47-59(53,54)30-15-16-30)46-38(49)33-19-29-23-48(33)39(50)37(26-12-9-8-10-13-26)45-41(52)56-24-42(4,5)17-11-14-27-18-31-32(20-34(27)55-6)44-36(57-25(2)3)21-35(31)58-29/h7,18,20-21,25-26,28-30,33,37H,1,8-17,19,22-24H2,2-6H3,(H,45,52)(H,46,49)(H,47,51)/t28-,29-,33+,37+,43-/m1/s1. The van der Waals surface area contributed by atoms with Crippen molar-refractivity contribution in [2.45, 2.75) is 140 Å². The van der Waals surface area contributed by atoms with Gasteiger partial charge in [0.15, 0.2) is 0 Å². The summed E-state index contributed by atoms with van der Waals surface area (Å²) >= 11 is 0. The third-order valence-corrected chi connectivity index (χ3v) is 14.3. The molecule has 3 aliphatic carbocycles. The number of methoxy groups -OCH3 is 1. The van der Waals surface area contributed by atoms with Gasteiger partial charge in [-0.3, -0.25) is 19.1 Å². The Morgan fingerprint density at radius 2 is 1.83 bits per heavy atom. The second-order valence-corrected chi connectivity index (χ2v) is 20.0. The Morgan fingerprint density at radius 1 is 1.08 bits per heavy atom. The number of benzene rings is 1. The molecule has 0 radical (unpaired) electrons. The fourth-order valence-electron chi connectivity index (χ4n) is 8.89. The van der Waals surface area contributed by atoms with Crippen molar-refractivity contribution < 1.29 is 46.5 Å². The topological polar surface area (TPSA) is 192 Å². The molecule has 15 nitrogen and oxygen atoms in total. The predicted molar refractivity (Wildman–Crippen MR) is 219 cm³/mol. The van der Waals surface area contributed by atoms with E-state index in [-0.39, 0.29) is 43.4 Å². The van der Waals surface area contributed by atoms with Crippen LogP contribution in [0.2, 0.25) is 0 Å². The molecule has 59 heavy (non-hydrogen) atoms. The first-order valence-corrected chi connectivity index (χ1v) is 22.7. The number of aryl methyl sites for hydroxylation is 1. The van der Waals surface area contributed by atoms with Crippen LogP contribution in [0.4, 0.5) is 4.79 Å². The lowest BCUT2D eigenvalue weighted by molar-refractivity contribution is -0.142. The first-order valence-electron chi connectivity index (χ1n) is 21.1. The maximum Gasteiger partial charge on any atom is 0.407 e. The van der Waals surface area contributed by atoms with Gasteiger partial charge in [0, 0.05) is 29.9 Å². The number of nitrogens with zero attached hydrogens (tertiary/aromatic N) is 2. The second-order valence-electron chi connectivity index (χ2n) is 18.1. The van der Waals surface area contributed by atoms with Crippen LogP contribution in [0, 0.1) is 17.3 Å². The molecule has 16 heteroatoms. The summed E-state index contributed by atoms with van der Waals surface area (Å²) < 4.78 is 52.3. The highest BCUT2D eigenvalue weighted by Gasteiger charge is 2.62. The van der Waals surface area contributed by atoms with Crippen molar-refractivity contribution in [3.05, 3.63) is 36.4 Å². The maximum absolute atomic E-state index is 15.0. The Kier molecular flexibility index (Phi) is 12.1. The fourth-order valence-corrected chi connectivity index (χ4v) is 10.3. The Labute approximate surface area is 346 Å². The van der Waals surface area contributed by atoms with Crippen molar-refractivity contribution in [2.75, 3.05) is 20.3 Å². The highest BCUT2D eigenvalue weighted by Crippen LogP contribution is 2.46. The molecule has 0 unspecified atom stereocenters. The molecule has 4 fully saturated rings. The van der Waals surface area contributed by atoms with Crippen LogP contribution < -0.4 is 29.6 Å². The van der Waals surface area contributed by atoms with Crippen LogP contribution in [0.3, 0.4) is 0 Å². The van der Waals surface area contributed by atoms with Crippen molar-refractivity contribution >= 4 is 44.7 Å². The van der Waals surface area contributed by atoms with Crippen LogP contribution in [-0.2, 0) is 35.6 Å². The number of rotatable bonds is 10. The Hall–Kier alpha value is -4.60. The van der Waals surface area contributed by atoms with Gasteiger partial charge in [-0.1, -0.05) is 39.2 Å². The Balaban J connectivity index is 1.27. The van der Waals surface area contributed by atoms with Crippen molar-refractivity contribution in [1.29, 1.82) is 0 Å². The summed E-state index contributed by atoms with van der Waals surface area (Å²) in [7, 11) is -2.30. The third-order valence-electron chi connectivity index (χ3n) is 12.5. The zero-order chi connectivity index (χ0) is 42.3. The van der Waals surface area contributed by atoms with Gasteiger partial charge in [0.2, 0.25) is 27.7 Å². The van der Waals surface area contributed by atoms with Crippen LogP contribution in [0.5, 0.6) is 17.4 Å². The van der Waals surface area contributed by atoms with Gasteiger partial charge in [-0.25, -0.2) is 18.2 Å². The third kappa shape index (κ3) is 9.42. The van der Waals surface area contributed by atoms with Gasteiger partial charge in [0.1, 0.15) is 35.2 Å². The minimum absolute atomic E-state index is 0.0166. The molecule has 1 aromatic carbocycles. The number of ether oxygens (including phenoxy) is 4. The number of sulfonamides is 1. The average molecular weight is 838 g/mol. The van der Waals surface area contributed by atoms with Crippen molar-refractivity contribution in [1.82, 2.24) is 25.2 Å². The summed E-state index contributed by atoms with van der Waals surface area (Å²) in [5.41, 5.74) is -0.420. The van der Waals surface area contributed by atoms with Crippen LogP contribution in [0.15, 0.2) is 30.9 Å². The number of pyridine rings is 1. The molecule has 5 atom stereocenters. The van der Waals surface area contributed by atoms with Gasteiger partial charge in [-0.05, 0) is 88.2 Å². The van der Waals surface area contributed by atoms with Gasteiger partial charge < -0.3 is 34.5 Å². The summed E-state index contributed by atoms with van der Waals surface area (Å²) in [6.45, 7) is 11.8. The van der Waals surface area contributed by atoms with E-state index in [0.29, 0.717) is 60.4 Å². The Morgan fingerprint density at radius 3 is 2.49 bits per heavy atom. The molecule has 3 saturated carbocycles. The molecule has 4 bridgehead atoms. The molecule has 7 rings (SSSR count). The number of hydrogen-bond donors (Lipinski definition) is 3. The maximum atomic E-state index is 15.0. The van der Waals surface area contributed by atoms with E-state index in [9.17, 15) is 27.6 Å². The van der Waals surface area contributed by atoms with Crippen LogP contribution in [-0.4, -0.2) is 97.5 Å². The van der Waals surface area contributed by atoms with E-state index >= 15 is 0 Å². The lowest BCUT2D eigenvalue weighted by Crippen LogP contribution is -2.59. The number of carbonyl (C=O) groups is 4. The highest BCUT2D eigenvalue weighted by atomic mass is 32.2. The number of cyclic esters (lactones) is 1. The van der Waals surface area contributed by atoms with Gasteiger partial charge in [-0.2, -0.15) is 0 Å². The number of fused-ring (bicyclic) bond motifs is 3. The van der Waals surface area contributed by atoms with Crippen LogP contribution in [0.1, 0.15) is 104 Å². The SMILES string of the molecule is C=C[C@@H]1C[C@]1(NC(=O)[C@@H]1C[C@@H]2CN1C(=O)[C@H](C1CCCCC1)NC(=O)OCC(C)(C)CCCc1cc3c(cc(OC(C)C)nc3cc1OC)O2)C(=O)NS(=O)(=O)C1CC1. The van der Waals surface area contributed by atoms with E-state index in [1.54, 1.807) is 13.2 Å². The molecule has 322 valence electrons. The van der Waals surface area contributed by atoms with Crippen LogP contribution >= 0.6 is 0 Å². The summed E-state index contributed by atoms with van der Waals surface area (Å²) in [6.07, 6.45) is 7.40. The quantitative estimate of drug-likeness (QED) is 0.271. The number of aromatic nitrogens is 1. The minimum Gasteiger partial charge on any atom is -0.496 e. The van der Waals surface area contributed by atoms with E-state index < -0.39 is 68.7 Å². The molecule has 0 spiro atoms. The molecule has 5 aliphatic rings. The summed E-state index contributed by atoms with van der Waals surface area (Å²) in [6, 6.07) is 3.46. The molecule has 3 heterocycles. The first-order chi connectivity index (χ1) is 28.0. The Bertz CT molecular complexity index is 2080. The summed E-state index contributed by atoms with van der Waals surface area (Å²) in [4.78, 5) is 63.0. The number of amides is 4. The molecule has 1 aromatic heterocycles. The van der Waals surface area contributed by atoms with Gasteiger partial charge in [-0.15, -0.1) is 6.58 Å². The van der Waals surface area contributed by atoms with E-state index in [1.807, 2.05) is 39.8 Å². The van der Waals surface area contributed by atoms with Gasteiger partial charge in [0.25, 0.3) is 5.91 Å². The van der Waals surface area contributed by atoms with E-state index in [0.717, 1.165) is 37.7 Å². The normalized spacial score (nSPS) is 27.8. The smallest absolute Gasteiger partial charge is 0.407 e. The van der Waals surface area contributed by atoms with Gasteiger partial charge >= 0.3 is 6.09 Å². The van der Waals surface area contributed by atoms with E-state index in [4.69, 9.17) is 23.9 Å². The predicted octanol–water partition coefficient (Wildman–Crippen LogP) is 5.09. The molecular formula is C43H59N5O10S. The largest absolute Gasteiger partial charge is 0.496 e. The molecule has 4 amide bonds. The number of nitrogens with one attached hydrogen (secondary N) is 3.